The Balaban J connectivity index is 1.54. The lowest BCUT2D eigenvalue weighted by atomic mass is 10.1. The lowest BCUT2D eigenvalue weighted by Gasteiger charge is -2.26. The molecule has 1 heterocycles. The summed E-state index contributed by atoms with van der Waals surface area (Å²) in [4.78, 5) is 14.4. The van der Waals surface area contributed by atoms with E-state index < -0.39 is 10.0 Å². The number of hydrogen-bond acceptors (Lipinski definition) is 4. The van der Waals surface area contributed by atoms with Crippen molar-refractivity contribution >= 4 is 27.5 Å². The number of carbonyl (C=O) groups is 1. The minimum atomic E-state index is -3.49. The zero-order valence-electron chi connectivity index (χ0n) is 16.4. The normalized spacial score (nSPS) is 15.2. The van der Waals surface area contributed by atoms with Crippen molar-refractivity contribution in [3.05, 3.63) is 64.7 Å². The molecule has 3 rings (SSSR count). The van der Waals surface area contributed by atoms with Gasteiger partial charge in [-0.05, 0) is 41.8 Å². The SMILES string of the molecule is CN(Cc1ccc(Cl)cc1)C(=O)CCc1ccc(S(=O)(=O)N2CCOCC2)cc1. The van der Waals surface area contributed by atoms with Crippen LogP contribution in [0.2, 0.25) is 5.02 Å². The second-order valence-corrected chi connectivity index (χ2v) is 9.41. The number of ether oxygens (including phenoxy) is 1. The Morgan fingerprint density at radius 1 is 1.03 bits per heavy atom. The van der Waals surface area contributed by atoms with E-state index in [9.17, 15) is 13.2 Å². The second-order valence-electron chi connectivity index (χ2n) is 7.04. The molecule has 1 fully saturated rings. The molecule has 0 aromatic heterocycles. The molecule has 0 aliphatic carbocycles. The first-order valence-corrected chi connectivity index (χ1v) is 11.3. The highest BCUT2D eigenvalue weighted by molar-refractivity contribution is 7.89. The number of aryl methyl sites for hydroxylation is 1. The Labute approximate surface area is 177 Å². The molecular weight excluding hydrogens is 412 g/mol. The number of halogens is 1. The molecule has 0 atom stereocenters. The van der Waals surface area contributed by atoms with Crippen molar-refractivity contribution in [2.24, 2.45) is 0 Å². The van der Waals surface area contributed by atoms with Crippen LogP contribution >= 0.6 is 11.6 Å². The van der Waals surface area contributed by atoms with E-state index in [1.807, 2.05) is 24.3 Å². The highest BCUT2D eigenvalue weighted by Gasteiger charge is 2.26. The molecule has 156 valence electrons. The van der Waals surface area contributed by atoms with Gasteiger partial charge in [0.2, 0.25) is 15.9 Å². The number of nitrogens with zero attached hydrogens (tertiary/aromatic N) is 2. The van der Waals surface area contributed by atoms with E-state index in [-0.39, 0.29) is 10.8 Å². The fraction of sp³-hybridized carbons (Fsp3) is 0.381. The van der Waals surface area contributed by atoms with Gasteiger partial charge >= 0.3 is 0 Å². The van der Waals surface area contributed by atoms with Crippen LogP contribution in [0.5, 0.6) is 0 Å². The van der Waals surface area contributed by atoms with Crippen LogP contribution in [-0.4, -0.2) is 56.9 Å². The van der Waals surface area contributed by atoms with Crippen LogP contribution in [0.4, 0.5) is 0 Å². The number of hydrogen-bond donors (Lipinski definition) is 0. The van der Waals surface area contributed by atoms with Gasteiger partial charge in [-0.25, -0.2) is 8.42 Å². The molecule has 2 aromatic rings. The largest absolute Gasteiger partial charge is 0.379 e. The van der Waals surface area contributed by atoms with Crippen LogP contribution in [0.3, 0.4) is 0 Å². The van der Waals surface area contributed by atoms with E-state index in [4.69, 9.17) is 16.3 Å². The molecule has 1 amide bonds. The highest BCUT2D eigenvalue weighted by atomic mass is 35.5. The molecule has 8 heteroatoms. The molecule has 1 aliphatic heterocycles. The zero-order valence-corrected chi connectivity index (χ0v) is 18.0. The number of sulfonamides is 1. The third-order valence-electron chi connectivity index (χ3n) is 4.92. The number of benzene rings is 2. The molecule has 0 radical (unpaired) electrons. The van der Waals surface area contributed by atoms with Crippen LogP contribution in [-0.2, 0) is 32.5 Å². The quantitative estimate of drug-likeness (QED) is 0.669. The monoisotopic (exact) mass is 436 g/mol. The molecule has 0 saturated carbocycles. The first-order chi connectivity index (χ1) is 13.9. The summed E-state index contributed by atoms with van der Waals surface area (Å²) >= 11 is 5.89. The first kappa shape index (κ1) is 21.8. The summed E-state index contributed by atoms with van der Waals surface area (Å²) in [5.41, 5.74) is 1.95. The first-order valence-electron chi connectivity index (χ1n) is 9.51. The van der Waals surface area contributed by atoms with Crippen molar-refractivity contribution in [3.8, 4) is 0 Å². The van der Waals surface area contributed by atoms with E-state index in [1.165, 1.54) is 4.31 Å². The fourth-order valence-corrected chi connectivity index (χ4v) is 4.69. The van der Waals surface area contributed by atoms with Crippen molar-refractivity contribution in [2.45, 2.75) is 24.3 Å². The van der Waals surface area contributed by atoms with Crippen molar-refractivity contribution in [3.63, 3.8) is 0 Å². The second kappa shape index (κ2) is 9.71. The van der Waals surface area contributed by atoms with Crippen molar-refractivity contribution in [1.29, 1.82) is 0 Å². The van der Waals surface area contributed by atoms with Gasteiger partial charge in [0.05, 0.1) is 18.1 Å². The van der Waals surface area contributed by atoms with Crippen molar-refractivity contribution < 1.29 is 17.9 Å². The van der Waals surface area contributed by atoms with Gasteiger partial charge in [0.15, 0.2) is 0 Å². The number of rotatable bonds is 7. The summed E-state index contributed by atoms with van der Waals surface area (Å²) in [6, 6.07) is 14.2. The minimum absolute atomic E-state index is 0.0324. The lowest BCUT2D eigenvalue weighted by molar-refractivity contribution is -0.130. The Hall–Kier alpha value is -1.93. The third kappa shape index (κ3) is 5.79. The molecule has 6 nitrogen and oxygen atoms in total. The predicted molar refractivity (Wildman–Crippen MR) is 112 cm³/mol. The summed E-state index contributed by atoms with van der Waals surface area (Å²) in [5, 5.41) is 0.668. The standard InChI is InChI=1S/C21H25ClN2O4S/c1-23(16-18-2-7-19(22)8-3-18)21(25)11-6-17-4-9-20(10-5-17)29(26,27)24-12-14-28-15-13-24/h2-5,7-10H,6,11-16H2,1H3. The Morgan fingerprint density at radius 3 is 2.24 bits per heavy atom. The maximum absolute atomic E-state index is 12.6. The van der Waals surface area contributed by atoms with Crippen LogP contribution in [0, 0.1) is 0 Å². The van der Waals surface area contributed by atoms with Gasteiger partial charge in [-0.2, -0.15) is 4.31 Å². The molecule has 1 aliphatic rings. The number of morpholine rings is 1. The van der Waals surface area contributed by atoms with Gasteiger partial charge in [-0.3, -0.25) is 4.79 Å². The maximum atomic E-state index is 12.6. The molecule has 0 N–H and O–H groups in total. The molecule has 1 saturated heterocycles. The van der Waals surface area contributed by atoms with Crippen LogP contribution in [0.15, 0.2) is 53.4 Å². The fourth-order valence-electron chi connectivity index (χ4n) is 3.16. The average molecular weight is 437 g/mol. The molecule has 0 unspecified atom stereocenters. The van der Waals surface area contributed by atoms with Crippen LogP contribution < -0.4 is 0 Å². The van der Waals surface area contributed by atoms with Gasteiger partial charge in [0.25, 0.3) is 0 Å². The summed E-state index contributed by atoms with van der Waals surface area (Å²) in [5.74, 6) is 0.0324. The van der Waals surface area contributed by atoms with Gasteiger partial charge in [-0.1, -0.05) is 35.9 Å². The Kier molecular flexibility index (Phi) is 7.29. The van der Waals surface area contributed by atoms with E-state index >= 15 is 0 Å². The Bertz CT molecular complexity index is 924. The van der Waals surface area contributed by atoms with Crippen LogP contribution in [0.1, 0.15) is 17.5 Å². The topological polar surface area (TPSA) is 66.9 Å². The van der Waals surface area contributed by atoms with E-state index in [1.54, 1.807) is 36.2 Å². The lowest BCUT2D eigenvalue weighted by Crippen LogP contribution is -2.40. The molecular formula is C21H25ClN2O4S. The Morgan fingerprint density at radius 2 is 1.62 bits per heavy atom. The maximum Gasteiger partial charge on any atom is 0.243 e. The third-order valence-corrected chi connectivity index (χ3v) is 7.08. The van der Waals surface area contributed by atoms with Crippen molar-refractivity contribution in [2.75, 3.05) is 33.4 Å². The molecule has 0 spiro atoms. The zero-order chi connectivity index (χ0) is 20.9. The van der Waals surface area contributed by atoms with E-state index in [2.05, 4.69) is 0 Å². The predicted octanol–water partition coefficient (Wildman–Crippen LogP) is 2.95. The summed E-state index contributed by atoms with van der Waals surface area (Å²) in [6.07, 6.45) is 0.918. The van der Waals surface area contributed by atoms with Crippen molar-refractivity contribution in [1.82, 2.24) is 9.21 Å². The van der Waals surface area contributed by atoms with Gasteiger partial charge in [0.1, 0.15) is 0 Å². The highest BCUT2D eigenvalue weighted by Crippen LogP contribution is 2.18. The summed E-state index contributed by atoms with van der Waals surface area (Å²) in [6.45, 7) is 2.11. The number of amides is 1. The summed E-state index contributed by atoms with van der Waals surface area (Å²) in [7, 11) is -1.72. The smallest absolute Gasteiger partial charge is 0.243 e. The number of carbonyl (C=O) groups excluding carboxylic acids is 1. The van der Waals surface area contributed by atoms with Crippen LogP contribution in [0.25, 0.3) is 0 Å². The van der Waals surface area contributed by atoms with E-state index in [0.717, 1.165) is 11.1 Å². The van der Waals surface area contributed by atoms with E-state index in [0.29, 0.717) is 50.7 Å². The van der Waals surface area contributed by atoms with Gasteiger partial charge in [-0.15, -0.1) is 0 Å². The average Bonchev–Trinajstić information content (AvgIpc) is 2.74. The van der Waals surface area contributed by atoms with Gasteiger partial charge < -0.3 is 9.64 Å². The molecule has 0 bridgehead atoms. The van der Waals surface area contributed by atoms with Gasteiger partial charge in [0, 0.05) is 38.1 Å². The molecule has 29 heavy (non-hydrogen) atoms. The minimum Gasteiger partial charge on any atom is -0.379 e. The summed E-state index contributed by atoms with van der Waals surface area (Å²) < 4.78 is 32.0. The molecule has 2 aromatic carbocycles.